The molecule has 0 unspecified atom stereocenters. The van der Waals surface area contributed by atoms with E-state index in [1.165, 1.54) is 33.4 Å². The van der Waals surface area contributed by atoms with Crippen LogP contribution in [0.1, 0.15) is 54.2 Å². The molecule has 0 fully saturated rings. The third-order valence-electron chi connectivity index (χ3n) is 4.49. The maximum Gasteiger partial charge on any atom is 0.0379 e. The van der Waals surface area contributed by atoms with Crippen LogP contribution in [0.5, 0.6) is 0 Å². The van der Waals surface area contributed by atoms with Crippen LogP contribution in [0.15, 0.2) is 24.3 Å². The molecular weight excluding hydrogens is 268 g/mol. The number of nitrogens with two attached hydrogens (primary N) is 2. The van der Waals surface area contributed by atoms with Gasteiger partial charge in [-0.25, -0.2) is 0 Å². The summed E-state index contributed by atoms with van der Waals surface area (Å²) in [6.45, 7) is 8.58. The fourth-order valence-electron chi connectivity index (χ4n) is 3.12. The van der Waals surface area contributed by atoms with E-state index >= 15 is 0 Å². The molecule has 0 aliphatic rings. The first-order valence-corrected chi connectivity index (χ1v) is 8.28. The van der Waals surface area contributed by atoms with E-state index in [0.29, 0.717) is 0 Å². The van der Waals surface area contributed by atoms with Gasteiger partial charge >= 0.3 is 0 Å². The Morgan fingerprint density at radius 1 is 0.682 bits per heavy atom. The number of aryl methyl sites for hydroxylation is 4. The number of hydrogen-bond acceptors (Lipinski definition) is 2. The largest absolute Gasteiger partial charge is 0.398 e. The van der Waals surface area contributed by atoms with Gasteiger partial charge in [-0.15, -0.1) is 0 Å². The second-order valence-corrected chi connectivity index (χ2v) is 6.05. The van der Waals surface area contributed by atoms with E-state index in [-0.39, 0.29) is 0 Å². The molecule has 118 valence electrons. The highest BCUT2D eigenvalue weighted by atomic mass is 14.6. The molecule has 0 heterocycles. The highest BCUT2D eigenvalue weighted by Crippen LogP contribution is 2.26. The van der Waals surface area contributed by atoms with Crippen LogP contribution in [0.4, 0.5) is 11.4 Å². The smallest absolute Gasteiger partial charge is 0.0379 e. The van der Waals surface area contributed by atoms with E-state index in [1.54, 1.807) is 0 Å². The third-order valence-corrected chi connectivity index (χ3v) is 4.49. The van der Waals surface area contributed by atoms with Gasteiger partial charge in [0, 0.05) is 11.4 Å². The summed E-state index contributed by atoms with van der Waals surface area (Å²) < 4.78 is 0. The minimum absolute atomic E-state index is 0.937. The van der Waals surface area contributed by atoms with Crippen LogP contribution in [0.2, 0.25) is 0 Å². The van der Waals surface area contributed by atoms with Gasteiger partial charge in [0.05, 0.1) is 0 Å². The summed E-state index contributed by atoms with van der Waals surface area (Å²) in [5, 5.41) is 0. The molecule has 2 aromatic carbocycles. The predicted molar refractivity (Wildman–Crippen MR) is 97.4 cm³/mol. The van der Waals surface area contributed by atoms with E-state index < -0.39 is 0 Å². The Hall–Kier alpha value is -1.96. The van der Waals surface area contributed by atoms with E-state index in [1.807, 2.05) is 0 Å². The molecule has 0 aliphatic carbocycles. The topological polar surface area (TPSA) is 52.0 Å². The van der Waals surface area contributed by atoms with Crippen molar-refractivity contribution in [1.82, 2.24) is 0 Å². The van der Waals surface area contributed by atoms with Crippen molar-refractivity contribution in [3.05, 3.63) is 57.6 Å². The van der Waals surface area contributed by atoms with Crippen LogP contribution in [0.25, 0.3) is 0 Å². The Bertz CT molecular complexity index is 647. The molecule has 2 nitrogen and oxygen atoms in total. The van der Waals surface area contributed by atoms with E-state index in [0.717, 1.165) is 37.1 Å². The van der Waals surface area contributed by atoms with Crippen LogP contribution in [0.3, 0.4) is 0 Å². The van der Waals surface area contributed by atoms with Crippen molar-refractivity contribution in [3.8, 4) is 0 Å². The summed E-state index contributed by atoms with van der Waals surface area (Å²) in [7, 11) is 0. The molecular formula is C20H28N2. The Balaban J connectivity index is 2.41. The first kappa shape index (κ1) is 16.4. The standard InChI is InChI=1S/C20H28N2/c1-5-16-10-14(8-13(4)19(16)21)9-15-11-17(6-2)20(22)18(7-3)12-15/h8,10-12H,5-7,9,21-22H2,1-4H3. The molecule has 0 bridgehead atoms. The fourth-order valence-corrected chi connectivity index (χ4v) is 3.12. The van der Waals surface area contributed by atoms with Gasteiger partial charge in [0.1, 0.15) is 0 Å². The summed E-state index contributed by atoms with van der Waals surface area (Å²) in [4.78, 5) is 0. The monoisotopic (exact) mass is 296 g/mol. The van der Waals surface area contributed by atoms with Crippen LogP contribution in [0, 0.1) is 6.92 Å². The fraction of sp³-hybridized carbons (Fsp3) is 0.400. The normalized spacial score (nSPS) is 10.9. The molecule has 22 heavy (non-hydrogen) atoms. The summed E-state index contributed by atoms with van der Waals surface area (Å²) in [5.41, 5.74) is 21.9. The number of anilines is 2. The summed E-state index contributed by atoms with van der Waals surface area (Å²) >= 11 is 0. The molecule has 0 aliphatic heterocycles. The van der Waals surface area contributed by atoms with Crippen molar-refractivity contribution < 1.29 is 0 Å². The van der Waals surface area contributed by atoms with Gasteiger partial charge in [0.25, 0.3) is 0 Å². The molecule has 0 aromatic heterocycles. The zero-order chi connectivity index (χ0) is 16.3. The second-order valence-electron chi connectivity index (χ2n) is 6.05. The summed E-state index contributed by atoms with van der Waals surface area (Å²) in [5.74, 6) is 0. The van der Waals surface area contributed by atoms with Gasteiger partial charge in [-0.3, -0.25) is 0 Å². The predicted octanol–water partition coefficient (Wildman–Crippen LogP) is 4.44. The van der Waals surface area contributed by atoms with Gasteiger partial charge in [-0.05, 0) is 66.0 Å². The molecule has 0 saturated heterocycles. The average Bonchev–Trinajstić information content (AvgIpc) is 2.52. The maximum atomic E-state index is 6.24. The van der Waals surface area contributed by atoms with Gasteiger partial charge in [-0.1, -0.05) is 45.0 Å². The molecule has 2 heteroatoms. The SMILES string of the molecule is CCc1cc(Cc2cc(CC)c(N)c(CC)c2)cc(C)c1N. The minimum Gasteiger partial charge on any atom is -0.398 e. The Kier molecular flexibility index (Phi) is 5.12. The number of nitrogen functional groups attached to an aromatic ring is 2. The third kappa shape index (κ3) is 3.27. The molecule has 2 rings (SSSR count). The van der Waals surface area contributed by atoms with Crippen LogP contribution in [-0.2, 0) is 25.7 Å². The number of rotatable bonds is 5. The van der Waals surface area contributed by atoms with Gasteiger partial charge in [-0.2, -0.15) is 0 Å². The van der Waals surface area contributed by atoms with Crippen molar-refractivity contribution in [3.63, 3.8) is 0 Å². The highest BCUT2D eigenvalue weighted by molar-refractivity contribution is 5.58. The van der Waals surface area contributed by atoms with Crippen molar-refractivity contribution in [2.24, 2.45) is 0 Å². The number of benzene rings is 2. The first-order valence-electron chi connectivity index (χ1n) is 8.28. The molecule has 2 aromatic rings. The lowest BCUT2D eigenvalue weighted by atomic mass is 9.93. The lowest BCUT2D eigenvalue weighted by molar-refractivity contribution is 1.05. The first-order chi connectivity index (χ1) is 10.5. The van der Waals surface area contributed by atoms with Gasteiger partial charge < -0.3 is 11.5 Å². The zero-order valence-corrected chi connectivity index (χ0v) is 14.3. The van der Waals surface area contributed by atoms with Crippen LogP contribution < -0.4 is 11.5 Å². The molecule has 0 radical (unpaired) electrons. The number of hydrogen-bond donors (Lipinski definition) is 2. The molecule has 0 amide bonds. The quantitative estimate of drug-likeness (QED) is 0.802. The Morgan fingerprint density at radius 2 is 1.09 bits per heavy atom. The second kappa shape index (κ2) is 6.87. The zero-order valence-electron chi connectivity index (χ0n) is 14.3. The maximum absolute atomic E-state index is 6.24. The lowest BCUT2D eigenvalue weighted by Gasteiger charge is -2.14. The summed E-state index contributed by atoms with van der Waals surface area (Å²) in [6.07, 6.45) is 3.87. The van der Waals surface area contributed by atoms with Crippen LogP contribution in [-0.4, -0.2) is 0 Å². The van der Waals surface area contributed by atoms with Crippen molar-refractivity contribution in [1.29, 1.82) is 0 Å². The molecule has 4 N–H and O–H groups in total. The van der Waals surface area contributed by atoms with Crippen molar-refractivity contribution in [2.45, 2.75) is 53.4 Å². The summed E-state index contributed by atoms with van der Waals surface area (Å²) in [6, 6.07) is 8.97. The molecule has 0 spiro atoms. The van der Waals surface area contributed by atoms with E-state index in [9.17, 15) is 0 Å². The van der Waals surface area contributed by atoms with E-state index in [4.69, 9.17) is 11.5 Å². The average molecular weight is 296 g/mol. The van der Waals surface area contributed by atoms with Gasteiger partial charge in [0.15, 0.2) is 0 Å². The Labute approximate surface area is 134 Å². The van der Waals surface area contributed by atoms with E-state index in [2.05, 4.69) is 52.0 Å². The molecule has 0 atom stereocenters. The Morgan fingerprint density at radius 3 is 1.55 bits per heavy atom. The van der Waals surface area contributed by atoms with Crippen molar-refractivity contribution in [2.75, 3.05) is 11.5 Å². The lowest BCUT2D eigenvalue weighted by Crippen LogP contribution is -2.03. The molecule has 0 saturated carbocycles. The van der Waals surface area contributed by atoms with Crippen LogP contribution >= 0.6 is 0 Å². The minimum atomic E-state index is 0.937. The van der Waals surface area contributed by atoms with Crippen molar-refractivity contribution >= 4 is 11.4 Å². The highest BCUT2D eigenvalue weighted by Gasteiger charge is 2.09. The van der Waals surface area contributed by atoms with Gasteiger partial charge in [0.2, 0.25) is 0 Å².